The Morgan fingerprint density at radius 3 is 2.87 bits per heavy atom. The smallest absolute Gasteiger partial charge is 0.341 e. The molecule has 9 nitrogen and oxygen atoms in total. The van der Waals surface area contributed by atoms with Crippen molar-refractivity contribution in [1.82, 2.24) is 14.9 Å². The van der Waals surface area contributed by atoms with Crippen molar-refractivity contribution in [2.75, 3.05) is 31.6 Å². The minimum Gasteiger partial charge on any atom is -0.477 e. The van der Waals surface area contributed by atoms with Crippen LogP contribution in [0, 0.1) is 5.82 Å². The van der Waals surface area contributed by atoms with Crippen molar-refractivity contribution >= 4 is 28.5 Å². The summed E-state index contributed by atoms with van der Waals surface area (Å²) in [5.74, 6) is -1.82. The molecule has 10 heteroatoms. The molecule has 1 unspecified atom stereocenters. The van der Waals surface area contributed by atoms with Gasteiger partial charge in [-0.3, -0.25) is 4.79 Å². The predicted molar refractivity (Wildman–Crippen MR) is 115 cm³/mol. The van der Waals surface area contributed by atoms with Gasteiger partial charge in [-0.2, -0.15) is 0 Å². The molecule has 2 aliphatic rings. The first-order valence-electron chi connectivity index (χ1n) is 10.5. The van der Waals surface area contributed by atoms with Gasteiger partial charge in [-0.15, -0.1) is 0 Å². The lowest BCUT2D eigenvalue weighted by Crippen LogP contribution is -2.51. The van der Waals surface area contributed by atoms with E-state index in [4.69, 9.17) is 4.84 Å². The van der Waals surface area contributed by atoms with E-state index < -0.39 is 17.2 Å². The fraction of sp³-hybridized carbons (Fsp3) is 0.524. The van der Waals surface area contributed by atoms with Crippen molar-refractivity contribution in [3.63, 3.8) is 0 Å². The van der Waals surface area contributed by atoms with E-state index in [0.29, 0.717) is 31.8 Å². The van der Waals surface area contributed by atoms with E-state index >= 15 is 4.39 Å². The number of fused-ring (bicyclic) bond motifs is 1. The Bertz CT molecular complexity index is 1100. The fourth-order valence-electron chi connectivity index (χ4n) is 3.86. The van der Waals surface area contributed by atoms with Gasteiger partial charge in [-0.25, -0.2) is 14.2 Å². The molecular weight excluding hydrogens is 405 g/mol. The second kappa shape index (κ2) is 8.62. The normalized spacial score (nSPS) is 20.4. The van der Waals surface area contributed by atoms with Gasteiger partial charge in [0.05, 0.1) is 17.1 Å². The summed E-state index contributed by atoms with van der Waals surface area (Å²) in [5, 5.41) is 16.8. The third kappa shape index (κ3) is 4.12. The SMILES string of the molecule is CCCO/N=C1\CCN(c2nc3c(cc2F)c(=O)c(C(=O)O)cn3C2CC2)CC1NC. The number of nitrogens with one attached hydrogen (secondary N) is 1. The molecule has 166 valence electrons. The molecular formula is C21H26FN5O4. The van der Waals surface area contributed by atoms with Crippen LogP contribution in [0.2, 0.25) is 0 Å². The first kappa shape index (κ1) is 21.2. The molecule has 1 atom stereocenters. The van der Waals surface area contributed by atoms with Crippen LogP contribution in [0.25, 0.3) is 11.0 Å². The Hall–Kier alpha value is -3.01. The summed E-state index contributed by atoms with van der Waals surface area (Å²) in [5.41, 5.74) is 0.108. The molecule has 31 heavy (non-hydrogen) atoms. The number of likely N-dealkylation sites (N-methyl/N-ethyl adjacent to an activating group) is 1. The van der Waals surface area contributed by atoms with Crippen LogP contribution in [0.3, 0.4) is 0 Å². The molecule has 0 bridgehead atoms. The Kier molecular flexibility index (Phi) is 5.90. The Balaban J connectivity index is 1.72. The van der Waals surface area contributed by atoms with Crippen molar-refractivity contribution in [3.8, 4) is 0 Å². The highest BCUT2D eigenvalue weighted by Gasteiger charge is 2.31. The summed E-state index contributed by atoms with van der Waals surface area (Å²) in [6, 6.07) is 1.07. The van der Waals surface area contributed by atoms with Crippen LogP contribution < -0.4 is 15.6 Å². The number of anilines is 1. The largest absolute Gasteiger partial charge is 0.477 e. The van der Waals surface area contributed by atoms with E-state index in [1.54, 1.807) is 4.57 Å². The summed E-state index contributed by atoms with van der Waals surface area (Å²) in [7, 11) is 1.81. The lowest BCUT2D eigenvalue weighted by molar-refractivity contribution is 0.0695. The number of carbonyl (C=O) groups is 1. The van der Waals surface area contributed by atoms with Crippen LogP contribution in [-0.4, -0.2) is 59.1 Å². The molecule has 2 fully saturated rings. The molecule has 1 aliphatic carbocycles. The van der Waals surface area contributed by atoms with Gasteiger partial charge in [0.15, 0.2) is 11.6 Å². The fourth-order valence-corrected chi connectivity index (χ4v) is 3.86. The van der Waals surface area contributed by atoms with Crippen LogP contribution >= 0.6 is 0 Å². The van der Waals surface area contributed by atoms with E-state index in [0.717, 1.165) is 31.0 Å². The first-order valence-corrected chi connectivity index (χ1v) is 10.5. The molecule has 2 aromatic heterocycles. The minimum absolute atomic E-state index is 0.00885. The molecule has 0 spiro atoms. The summed E-state index contributed by atoms with van der Waals surface area (Å²) >= 11 is 0. The van der Waals surface area contributed by atoms with E-state index in [1.807, 2.05) is 18.9 Å². The van der Waals surface area contributed by atoms with E-state index in [-0.39, 0.29) is 28.9 Å². The molecule has 1 saturated carbocycles. The highest BCUT2D eigenvalue weighted by atomic mass is 19.1. The Morgan fingerprint density at radius 1 is 1.45 bits per heavy atom. The molecule has 3 heterocycles. The number of nitrogens with zero attached hydrogens (tertiary/aromatic N) is 4. The molecule has 1 saturated heterocycles. The first-order chi connectivity index (χ1) is 14.9. The number of hydrogen-bond donors (Lipinski definition) is 2. The van der Waals surface area contributed by atoms with Crippen LogP contribution in [0.5, 0.6) is 0 Å². The molecule has 0 radical (unpaired) electrons. The number of pyridine rings is 2. The highest BCUT2D eigenvalue weighted by molar-refractivity contribution is 5.93. The molecule has 2 aromatic rings. The average molecular weight is 431 g/mol. The monoisotopic (exact) mass is 431 g/mol. The van der Waals surface area contributed by atoms with Gasteiger partial charge >= 0.3 is 5.97 Å². The third-order valence-corrected chi connectivity index (χ3v) is 5.68. The molecule has 2 N–H and O–H groups in total. The standard InChI is InChI=1S/C21H26FN5O4/c1-3-8-31-25-16-6-7-26(11-17(16)23-2)20-15(22)9-13-18(28)14(21(29)30)10-27(12-4-5-12)19(13)24-20/h9-10,12,17,23H,3-8,11H2,1-2H3,(H,29,30)/b25-16+. The van der Waals surface area contributed by atoms with Crippen molar-refractivity contribution in [1.29, 1.82) is 0 Å². The number of halogens is 1. The number of carboxylic acids is 1. The lowest BCUT2D eigenvalue weighted by Gasteiger charge is -2.34. The number of piperidine rings is 1. The number of hydrogen-bond acceptors (Lipinski definition) is 7. The Morgan fingerprint density at radius 2 is 2.23 bits per heavy atom. The zero-order chi connectivity index (χ0) is 22.1. The van der Waals surface area contributed by atoms with Crippen LogP contribution in [0.15, 0.2) is 22.2 Å². The summed E-state index contributed by atoms with van der Waals surface area (Å²) in [4.78, 5) is 35.8. The van der Waals surface area contributed by atoms with Gasteiger partial charge in [0.1, 0.15) is 17.8 Å². The van der Waals surface area contributed by atoms with Gasteiger partial charge in [-0.1, -0.05) is 12.1 Å². The van der Waals surface area contributed by atoms with Crippen molar-refractivity contribution < 1.29 is 19.1 Å². The van der Waals surface area contributed by atoms with Crippen molar-refractivity contribution in [2.24, 2.45) is 5.16 Å². The number of oxime groups is 1. The van der Waals surface area contributed by atoms with Gasteiger partial charge in [0, 0.05) is 31.7 Å². The van der Waals surface area contributed by atoms with Crippen LogP contribution in [0.4, 0.5) is 10.2 Å². The second-order valence-corrected chi connectivity index (χ2v) is 7.93. The maximum Gasteiger partial charge on any atom is 0.341 e. The highest BCUT2D eigenvalue weighted by Crippen LogP contribution is 2.37. The maximum absolute atomic E-state index is 15.1. The maximum atomic E-state index is 15.1. The van der Waals surface area contributed by atoms with Crippen LogP contribution in [0.1, 0.15) is 49.0 Å². The summed E-state index contributed by atoms with van der Waals surface area (Å²) in [6.45, 7) is 3.50. The number of rotatable bonds is 7. The zero-order valence-electron chi connectivity index (χ0n) is 17.6. The molecule has 4 rings (SSSR count). The predicted octanol–water partition coefficient (Wildman–Crippen LogP) is 2.15. The number of aromatic nitrogens is 2. The third-order valence-electron chi connectivity index (χ3n) is 5.68. The zero-order valence-corrected chi connectivity index (χ0v) is 17.6. The number of carboxylic acid groups (broad SMARTS) is 1. The van der Waals surface area contributed by atoms with Gasteiger partial charge in [0.2, 0.25) is 5.43 Å². The Labute approximate surface area is 178 Å². The van der Waals surface area contributed by atoms with Gasteiger partial charge in [0.25, 0.3) is 0 Å². The van der Waals surface area contributed by atoms with E-state index in [1.165, 1.54) is 6.20 Å². The lowest BCUT2D eigenvalue weighted by atomic mass is 10.0. The van der Waals surface area contributed by atoms with Crippen molar-refractivity contribution in [2.45, 2.75) is 44.7 Å². The van der Waals surface area contributed by atoms with E-state index in [9.17, 15) is 14.7 Å². The summed E-state index contributed by atoms with van der Waals surface area (Å²) < 4.78 is 16.8. The van der Waals surface area contributed by atoms with Crippen molar-refractivity contribution in [3.05, 3.63) is 33.9 Å². The quantitative estimate of drug-likeness (QED) is 0.511. The molecule has 1 aliphatic heterocycles. The number of aromatic carboxylic acids is 1. The minimum atomic E-state index is -1.32. The average Bonchev–Trinajstić information content (AvgIpc) is 3.59. The van der Waals surface area contributed by atoms with Gasteiger partial charge < -0.3 is 24.7 Å². The molecule has 0 amide bonds. The molecule has 0 aromatic carbocycles. The van der Waals surface area contributed by atoms with Gasteiger partial charge in [-0.05, 0) is 32.4 Å². The van der Waals surface area contributed by atoms with Crippen LogP contribution in [-0.2, 0) is 4.84 Å². The second-order valence-electron chi connectivity index (χ2n) is 7.93. The van der Waals surface area contributed by atoms with E-state index in [2.05, 4.69) is 15.5 Å². The summed E-state index contributed by atoms with van der Waals surface area (Å²) in [6.07, 6.45) is 4.53. The topological polar surface area (TPSA) is 109 Å².